The van der Waals surface area contributed by atoms with Crippen LogP contribution in [0.25, 0.3) is 0 Å². The first-order valence-corrected chi connectivity index (χ1v) is 6.94. The van der Waals surface area contributed by atoms with E-state index in [0.717, 1.165) is 12.1 Å². The average Bonchev–Trinajstić information content (AvgIpc) is 2.43. The second kappa shape index (κ2) is 6.73. The van der Waals surface area contributed by atoms with Gasteiger partial charge in [-0.1, -0.05) is 30.7 Å². The molecule has 4 heteroatoms. The third-order valence-electron chi connectivity index (χ3n) is 3.01. The van der Waals surface area contributed by atoms with Crippen molar-refractivity contribution in [2.45, 2.75) is 19.9 Å². The van der Waals surface area contributed by atoms with Crippen molar-refractivity contribution in [2.24, 2.45) is 0 Å². The summed E-state index contributed by atoms with van der Waals surface area (Å²) in [5.41, 5.74) is 0.793. The Bertz CT molecular complexity index is 571. The number of rotatable bonds is 5. The maximum Gasteiger partial charge on any atom is 0.167 e. The van der Waals surface area contributed by atoms with Crippen LogP contribution >= 0.6 is 11.6 Å². The molecule has 0 amide bonds. The van der Waals surface area contributed by atoms with Gasteiger partial charge in [-0.25, -0.2) is 4.39 Å². The molecular weight excluding hydrogens is 277 g/mol. The van der Waals surface area contributed by atoms with Gasteiger partial charge < -0.3 is 10.1 Å². The van der Waals surface area contributed by atoms with Crippen molar-refractivity contribution in [1.29, 1.82) is 0 Å². The van der Waals surface area contributed by atoms with Crippen molar-refractivity contribution in [2.75, 3.05) is 6.54 Å². The number of ether oxygens (including phenoxy) is 1. The van der Waals surface area contributed by atoms with Gasteiger partial charge >= 0.3 is 0 Å². The minimum atomic E-state index is -0.373. The third kappa shape index (κ3) is 3.50. The maximum absolute atomic E-state index is 14.0. The van der Waals surface area contributed by atoms with Gasteiger partial charge in [0.25, 0.3) is 0 Å². The molecule has 0 radical (unpaired) electrons. The molecule has 0 saturated carbocycles. The minimum Gasteiger partial charge on any atom is -0.454 e. The smallest absolute Gasteiger partial charge is 0.167 e. The quantitative estimate of drug-likeness (QED) is 0.843. The molecule has 20 heavy (non-hydrogen) atoms. The molecule has 0 aliphatic heterocycles. The summed E-state index contributed by atoms with van der Waals surface area (Å²) in [6, 6.07) is 11.8. The molecule has 0 fully saturated rings. The second-order valence-corrected chi connectivity index (χ2v) is 4.93. The summed E-state index contributed by atoms with van der Waals surface area (Å²) in [6.07, 6.45) is 0. The fourth-order valence-electron chi connectivity index (χ4n) is 2.01. The van der Waals surface area contributed by atoms with Crippen LogP contribution in [-0.2, 0) is 0 Å². The van der Waals surface area contributed by atoms with Crippen LogP contribution in [0.3, 0.4) is 0 Å². The lowest BCUT2D eigenvalue weighted by Gasteiger charge is -2.18. The molecule has 2 nitrogen and oxygen atoms in total. The number of hydrogen-bond acceptors (Lipinski definition) is 2. The van der Waals surface area contributed by atoms with E-state index in [9.17, 15) is 4.39 Å². The van der Waals surface area contributed by atoms with Gasteiger partial charge in [-0.2, -0.15) is 0 Å². The predicted octanol–water partition coefficient (Wildman–Crippen LogP) is 4.94. The van der Waals surface area contributed by atoms with E-state index in [-0.39, 0.29) is 17.6 Å². The molecule has 0 aliphatic rings. The minimum absolute atomic E-state index is 0.0120. The summed E-state index contributed by atoms with van der Waals surface area (Å²) in [5.74, 6) is 0.440. The third-order valence-corrected chi connectivity index (χ3v) is 3.26. The van der Waals surface area contributed by atoms with E-state index in [1.165, 1.54) is 6.07 Å². The van der Waals surface area contributed by atoms with Crippen molar-refractivity contribution in [1.82, 2.24) is 5.32 Å². The number of hydrogen-bond donors (Lipinski definition) is 1. The topological polar surface area (TPSA) is 21.3 Å². The Morgan fingerprint density at radius 3 is 2.55 bits per heavy atom. The van der Waals surface area contributed by atoms with E-state index in [0.29, 0.717) is 10.8 Å². The van der Waals surface area contributed by atoms with E-state index in [4.69, 9.17) is 16.3 Å². The Labute approximate surface area is 123 Å². The number of nitrogens with one attached hydrogen (secondary N) is 1. The lowest BCUT2D eigenvalue weighted by atomic mass is 10.1. The molecule has 2 rings (SSSR count). The molecule has 0 aromatic heterocycles. The molecule has 0 aliphatic carbocycles. The maximum atomic E-state index is 14.0. The molecule has 0 bridgehead atoms. The van der Waals surface area contributed by atoms with E-state index in [2.05, 4.69) is 5.32 Å². The van der Waals surface area contributed by atoms with Gasteiger partial charge in [0, 0.05) is 16.6 Å². The van der Waals surface area contributed by atoms with Gasteiger partial charge in [-0.3, -0.25) is 0 Å². The molecule has 0 heterocycles. The van der Waals surface area contributed by atoms with E-state index >= 15 is 0 Å². The first kappa shape index (κ1) is 14.8. The van der Waals surface area contributed by atoms with Crippen LogP contribution in [0.5, 0.6) is 11.5 Å². The number of halogens is 2. The van der Waals surface area contributed by atoms with Crippen molar-refractivity contribution in [3.63, 3.8) is 0 Å². The van der Waals surface area contributed by atoms with E-state index in [1.807, 2.05) is 19.9 Å². The summed E-state index contributed by atoms with van der Waals surface area (Å²) in [5, 5.41) is 3.87. The highest BCUT2D eigenvalue weighted by atomic mass is 35.5. The summed E-state index contributed by atoms with van der Waals surface area (Å²) in [6.45, 7) is 4.79. The van der Waals surface area contributed by atoms with Gasteiger partial charge in [0.2, 0.25) is 0 Å². The molecular formula is C16H17ClFNO. The molecule has 0 spiro atoms. The van der Waals surface area contributed by atoms with Crippen molar-refractivity contribution >= 4 is 11.6 Å². The van der Waals surface area contributed by atoms with Crippen LogP contribution in [-0.4, -0.2) is 6.54 Å². The Balaban J connectivity index is 2.32. The number of para-hydroxylation sites is 1. The first-order chi connectivity index (χ1) is 9.61. The molecule has 1 N–H and O–H groups in total. The first-order valence-electron chi connectivity index (χ1n) is 6.57. The van der Waals surface area contributed by atoms with Crippen LogP contribution in [0.2, 0.25) is 5.02 Å². The van der Waals surface area contributed by atoms with Crippen LogP contribution in [0.15, 0.2) is 42.5 Å². The van der Waals surface area contributed by atoms with Crippen LogP contribution < -0.4 is 10.1 Å². The number of benzene rings is 2. The summed E-state index contributed by atoms with van der Waals surface area (Å²) in [4.78, 5) is 0. The summed E-state index contributed by atoms with van der Waals surface area (Å²) in [7, 11) is 0. The van der Waals surface area contributed by atoms with Gasteiger partial charge in [0.15, 0.2) is 11.6 Å². The molecule has 0 saturated heterocycles. The molecule has 1 unspecified atom stereocenters. The molecule has 106 valence electrons. The van der Waals surface area contributed by atoms with Crippen LogP contribution in [0.1, 0.15) is 25.5 Å². The normalized spacial score (nSPS) is 12.2. The highest BCUT2D eigenvalue weighted by molar-refractivity contribution is 6.30. The highest BCUT2D eigenvalue weighted by Crippen LogP contribution is 2.32. The second-order valence-electron chi connectivity index (χ2n) is 4.49. The van der Waals surface area contributed by atoms with Crippen molar-refractivity contribution in [3.05, 3.63) is 58.9 Å². The van der Waals surface area contributed by atoms with Crippen molar-refractivity contribution in [3.8, 4) is 11.5 Å². The Morgan fingerprint density at radius 1 is 1.20 bits per heavy atom. The average molecular weight is 294 g/mol. The Kier molecular flexibility index (Phi) is 4.99. The Morgan fingerprint density at radius 2 is 1.90 bits per heavy atom. The van der Waals surface area contributed by atoms with Crippen molar-refractivity contribution < 1.29 is 9.13 Å². The molecule has 1 atom stereocenters. The zero-order chi connectivity index (χ0) is 14.5. The van der Waals surface area contributed by atoms with E-state index < -0.39 is 0 Å². The monoisotopic (exact) mass is 293 g/mol. The van der Waals surface area contributed by atoms with Gasteiger partial charge in [-0.05, 0) is 43.8 Å². The summed E-state index contributed by atoms with van der Waals surface area (Å²) >= 11 is 5.83. The Hall–Kier alpha value is -1.58. The van der Waals surface area contributed by atoms with Gasteiger partial charge in [-0.15, -0.1) is 0 Å². The molecule has 2 aromatic carbocycles. The lowest BCUT2D eigenvalue weighted by molar-refractivity contribution is 0.426. The predicted molar refractivity (Wildman–Crippen MR) is 80.0 cm³/mol. The fourth-order valence-corrected chi connectivity index (χ4v) is 2.14. The van der Waals surface area contributed by atoms with Gasteiger partial charge in [0.1, 0.15) is 5.75 Å². The highest BCUT2D eigenvalue weighted by Gasteiger charge is 2.15. The molecule has 2 aromatic rings. The zero-order valence-electron chi connectivity index (χ0n) is 11.5. The van der Waals surface area contributed by atoms with E-state index in [1.54, 1.807) is 30.3 Å². The van der Waals surface area contributed by atoms with Crippen LogP contribution in [0.4, 0.5) is 4.39 Å². The fraction of sp³-hybridized carbons (Fsp3) is 0.250. The summed E-state index contributed by atoms with van der Waals surface area (Å²) < 4.78 is 19.7. The largest absolute Gasteiger partial charge is 0.454 e. The van der Waals surface area contributed by atoms with Crippen LogP contribution in [0, 0.1) is 5.82 Å². The van der Waals surface area contributed by atoms with Gasteiger partial charge in [0.05, 0.1) is 0 Å². The lowest BCUT2D eigenvalue weighted by Crippen LogP contribution is -2.18. The standard InChI is InChI=1S/C16H17ClFNO/c1-3-19-11(2)14-5-4-6-15(18)16(14)20-13-9-7-12(17)8-10-13/h4-11,19H,3H2,1-2H3. The zero-order valence-corrected chi connectivity index (χ0v) is 12.2. The SMILES string of the molecule is CCNC(C)c1cccc(F)c1Oc1ccc(Cl)cc1.